The summed E-state index contributed by atoms with van der Waals surface area (Å²) in [5.41, 5.74) is -1.65. The number of hydrogen-bond acceptors (Lipinski definition) is 9. The molecule has 206 valence electrons. The van der Waals surface area contributed by atoms with Crippen LogP contribution in [0.3, 0.4) is 0 Å². The number of carbonyl (C=O) groups excluding carboxylic acids is 4. The molecule has 0 heterocycles. The molecule has 0 radical (unpaired) electrons. The van der Waals surface area contributed by atoms with E-state index in [0.717, 1.165) is 18.4 Å². The smallest absolute Gasteiger partial charge is 0.438 e. The molecule has 4 aliphatic rings. The van der Waals surface area contributed by atoms with E-state index in [0.29, 0.717) is 19.3 Å². The summed E-state index contributed by atoms with van der Waals surface area (Å²) >= 11 is 0. The first-order valence-corrected chi connectivity index (χ1v) is 13.4. The molecule has 0 aromatic heterocycles. The Balaban J connectivity index is 1.62. The van der Waals surface area contributed by atoms with Crippen LogP contribution in [-0.2, 0) is 28.5 Å². The second kappa shape index (κ2) is 10.0. The third kappa shape index (κ3) is 4.57. The topological polar surface area (TPSA) is 125 Å². The lowest BCUT2D eigenvalue weighted by Crippen LogP contribution is -2.63. The van der Waals surface area contributed by atoms with Gasteiger partial charge in [0.2, 0.25) is 5.78 Å². The van der Waals surface area contributed by atoms with Crippen molar-refractivity contribution in [2.45, 2.75) is 84.3 Å². The Kier molecular flexibility index (Phi) is 7.49. The van der Waals surface area contributed by atoms with Crippen LogP contribution in [0, 0.1) is 34.5 Å². The van der Waals surface area contributed by atoms with Crippen LogP contribution in [0.1, 0.15) is 72.6 Å². The monoisotopic (exact) mass is 520 g/mol. The largest absolute Gasteiger partial charge is 0.509 e. The molecule has 0 aromatic carbocycles. The first-order chi connectivity index (χ1) is 17.4. The van der Waals surface area contributed by atoms with Crippen molar-refractivity contribution in [3.8, 4) is 0 Å². The van der Waals surface area contributed by atoms with E-state index >= 15 is 0 Å². The van der Waals surface area contributed by atoms with E-state index in [1.165, 1.54) is 7.11 Å². The van der Waals surface area contributed by atoms with Gasteiger partial charge in [0.25, 0.3) is 0 Å². The zero-order valence-corrected chi connectivity index (χ0v) is 22.5. The van der Waals surface area contributed by atoms with Gasteiger partial charge >= 0.3 is 12.3 Å². The van der Waals surface area contributed by atoms with Crippen molar-refractivity contribution in [2.24, 2.45) is 34.5 Å². The Morgan fingerprint density at radius 2 is 1.81 bits per heavy atom. The number of rotatable bonds is 6. The third-order valence-electron chi connectivity index (χ3n) is 9.75. The predicted molar refractivity (Wildman–Crippen MR) is 131 cm³/mol. The molecule has 9 nitrogen and oxygen atoms in total. The number of Topliss-reactive ketones (excluding diaryl/α,β-unsaturated/α-hetero) is 1. The first kappa shape index (κ1) is 27.6. The summed E-state index contributed by atoms with van der Waals surface area (Å²) < 4.78 is 20.7. The standard InChI is InChI=1S/C28H40O9/c1-16(2)14-35-25(33)36-15-22(31)28(37-24(32)34-5)11-9-20-19-7-6-17-12-18(29)8-10-26(17,3)23(19)21(30)13-27(20,28)4/h12,16,19-21,23,30H,6-11,13-15H2,1-5H3/t19-,20-,21-,23+,26-,27-,28-/m0/s1. The predicted octanol–water partition coefficient (Wildman–Crippen LogP) is 4.39. The Morgan fingerprint density at radius 3 is 2.49 bits per heavy atom. The number of fused-ring (bicyclic) bond motifs is 5. The van der Waals surface area contributed by atoms with Crippen LogP contribution in [-0.4, -0.2) is 61.0 Å². The highest BCUT2D eigenvalue weighted by molar-refractivity contribution is 5.93. The molecular formula is C28H40O9. The van der Waals surface area contributed by atoms with E-state index < -0.39 is 41.8 Å². The van der Waals surface area contributed by atoms with E-state index in [-0.39, 0.29) is 54.3 Å². The lowest BCUT2D eigenvalue weighted by molar-refractivity contribution is -0.186. The lowest BCUT2D eigenvalue weighted by atomic mass is 9.45. The van der Waals surface area contributed by atoms with Gasteiger partial charge in [-0.2, -0.15) is 0 Å². The Bertz CT molecular complexity index is 986. The van der Waals surface area contributed by atoms with Crippen molar-refractivity contribution < 1.29 is 43.2 Å². The normalized spacial score (nSPS) is 38.6. The summed E-state index contributed by atoms with van der Waals surface area (Å²) in [6.45, 7) is 7.38. The highest BCUT2D eigenvalue weighted by Gasteiger charge is 2.70. The highest BCUT2D eigenvalue weighted by atomic mass is 16.7. The molecule has 4 aliphatic carbocycles. The number of aliphatic hydroxyl groups excluding tert-OH is 1. The number of ketones is 2. The fourth-order valence-electron chi connectivity index (χ4n) is 8.06. The third-order valence-corrected chi connectivity index (χ3v) is 9.75. The number of methoxy groups -OCH3 is 1. The minimum absolute atomic E-state index is 0.00148. The molecule has 3 saturated carbocycles. The maximum atomic E-state index is 13.7. The van der Waals surface area contributed by atoms with Crippen LogP contribution in [0.5, 0.6) is 0 Å². The Labute approximate surface area is 218 Å². The van der Waals surface area contributed by atoms with Gasteiger partial charge in [-0.3, -0.25) is 9.59 Å². The van der Waals surface area contributed by atoms with Crippen molar-refractivity contribution in [3.05, 3.63) is 11.6 Å². The van der Waals surface area contributed by atoms with E-state index in [1.807, 2.05) is 20.8 Å². The number of ether oxygens (including phenoxy) is 4. The SMILES string of the molecule is COC(=O)O[C@]1(C(=O)COC(=O)OCC(C)C)CC[C@H]2[C@@H]3CCC4=CC(=O)CC[C@]4(C)[C@H]3[C@@H](O)C[C@@]21C. The summed E-state index contributed by atoms with van der Waals surface area (Å²) in [4.78, 5) is 50.3. The number of carbonyl (C=O) groups is 4. The summed E-state index contributed by atoms with van der Waals surface area (Å²) in [5, 5.41) is 11.6. The average molecular weight is 521 g/mol. The van der Waals surface area contributed by atoms with Gasteiger partial charge in [0, 0.05) is 11.8 Å². The second-order valence-corrected chi connectivity index (χ2v) is 12.2. The van der Waals surface area contributed by atoms with Crippen molar-refractivity contribution >= 4 is 23.9 Å². The molecule has 0 amide bonds. The van der Waals surface area contributed by atoms with Crippen LogP contribution in [0.25, 0.3) is 0 Å². The molecule has 0 aromatic rings. The van der Waals surface area contributed by atoms with Crippen LogP contribution in [0.15, 0.2) is 11.6 Å². The average Bonchev–Trinajstić information content (AvgIpc) is 3.13. The first-order valence-electron chi connectivity index (χ1n) is 13.4. The van der Waals surface area contributed by atoms with Crippen molar-refractivity contribution in [1.82, 2.24) is 0 Å². The number of aliphatic hydroxyl groups is 1. The van der Waals surface area contributed by atoms with Crippen LogP contribution < -0.4 is 0 Å². The van der Waals surface area contributed by atoms with E-state index in [2.05, 4.69) is 6.92 Å². The van der Waals surface area contributed by atoms with Crippen molar-refractivity contribution in [2.75, 3.05) is 20.3 Å². The minimum atomic E-state index is -1.60. The molecule has 7 atom stereocenters. The molecule has 37 heavy (non-hydrogen) atoms. The molecule has 0 bridgehead atoms. The zero-order chi connectivity index (χ0) is 27.2. The molecule has 0 unspecified atom stereocenters. The Hall–Kier alpha value is -2.42. The number of hydrogen-bond donors (Lipinski definition) is 1. The quantitative estimate of drug-likeness (QED) is 0.508. The number of allylic oxidation sites excluding steroid dienone is 1. The summed E-state index contributed by atoms with van der Waals surface area (Å²) in [7, 11) is 1.18. The van der Waals surface area contributed by atoms with Gasteiger partial charge in [0.1, 0.15) is 0 Å². The van der Waals surface area contributed by atoms with Crippen LogP contribution in [0.2, 0.25) is 0 Å². The molecular weight excluding hydrogens is 480 g/mol. The van der Waals surface area contributed by atoms with E-state index in [4.69, 9.17) is 18.9 Å². The van der Waals surface area contributed by atoms with Gasteiger partial charge in [0.15, 0.2) is 18.0 Å². The van der Waals surface area contributed by atoms with Gasteiger partial charge < -0.3 is 24.1 Å². The fourth-order valence-corrected chi connectivity index (χ4v) is 8.06. The molecule has 1 N–H and O–H groups in total. The maximum absolute atomic E-state index is 13.7. The Morgan fingerprint density at radius 1 is 1.08 bits per heavy atom. The van der Waals surface area contributed by atoms with E-state index in [1.54, 1.807) is 6.08 Å². The molecule has 4 rings (SSSR count). The second-order valence-electron chi connectivity index (χ2n) is 12.2. The molecule has 0 aliphatic heterocycles. The molecule has 0 spiro atoms. The van der Waals surface area contributed by atoms with Gasteiger partial charge in [-0.1, -0.05) is 33.3 Å². The maximum Gasteiger partial charge on any atom is 0.509 e. The van der Waals surface area contributed by atoms with Crippen LogP contribution >= 0.6 is 0 Å². The molecule has 3 fully saturated rings. The van der Waals surface area contributed by atoms with Crippen molar-refractivity contribution in [1.29, 1.82) is 0 Å². The van der Waals surface area contributed by atoms with Gasteiger partial charge in [-0.15, -0.1) is 0 Å². The molecule has 9 heteroatoms. The zero-order valence-electron chi connectivity index (χ0n) is 22.5. The van der Waals surface area contributed by atoms with Gasteiger partial charge in [-0.05, 0) is 73.7 Å². The summed E-state index contributed by atoms with van der Waals surface area (Å²) in [5.74, 6) is -0.246. The highest BCUT2D eigenvalue weighted by Crippen LogP contribution is 2.68. The van der Waals surface area contributed by atoms with E-state index in [9.17, 15) is 24.3 Å². The molecule has 0 saturated heterocycles. The summed E-state index contributed by atoms with van der Waals surface area (Å²) in [6, 6.07) is 0. The lowest BCUT2D eigenvalue weighted by Gasteiger charge is -2.60. The van der Waals surface area contributed by atoms with Gasteiger partial charge in [-0.25, -0.2) is 9.59 Å². The van der Waals surface area contributed by atoms with Crippen LogP contribution in [0.4, 0.5) is 9.59 Å². The van der Waals surface area contributed by atoms with Crippen molar-refractivity contribution in [3.63, 3.8) is 0 Å². The summed E-state index contributed by atoms with van der Waals surface area (Å²) in [6.07, 6.45) is 2.94. The minimum Gasteiger partial charge on any atom is -0.438 e. The van der Waals surface area contributed by atoms with Gasteiger partial charge in [0.05, 0.1) is 19.8 Å². The fraction of sp³-hybridized carbons (Fsp3) is 0.786.